The van der Waals surface area contributed by atoms with Gasteiger partial charge in [-0.1, -0.05) is 120 Å². The number of ether oxygens (including phenoxy) is 2. The third-order valence-electron chi connectivity index (χ3n) is 13.2. The van der Waals surface area contributed by atoms with Gasteiger partial charge in [-0.3, -0.25) is 0 Å². The summed E-state index contributed by atoms with van der Waals surface area (Å²) in [7, 11) is 0. The molecule has 2 aliphatic rings. The van der Waals surface area contributed by atoms with Crippen molar-refractivity contribution in [3.8, 4) is 72.9 Å². The number of hydrogen-bond acceptors (Lipinski definition) is 4. The number of hydrogen-bond donors (Lipinski definition) is 0. The number of benzene rings is 8. The van der Waals surface area contributed by atoms with E-state index in [0.29, 0.717) is 39.5 Å². The molecule has 8 heteroatoms. The van der Waals surface area contributed by atoms with Crippen LogP contribution in [0, 0.1) is 37.1 Å². The summed E-state index contributed by atoms with van der Waals surface area (Å²) in [5.41, 5.74) is 11.5. The van der Waals surface area contributed by atoms with Crippen LogP contribution in [-0.4, -0.2) is 12.8 Å². The minimum absolute atomic E-state index is 0.0878. The molecule has 340 valence electrons. The highest BCUT2D eigenvalue weighted by molar-refractivity contribution is 5.94. The van der Waals surface area contributed by atoms with E-state index in [1.165, 1.54) is 11.1 Å². The zero-order valence-corrected chi connectivity index (χ0v) is 37.9. The lowest BCUT2D eigenvalue weighted by Gasteiger charge is -2.27. The van der Waals surface area contributed by atoms with E-state index in [9.17, 15) is 4.79 Å². The van der Waals surface area contributed by atoms with Crippen molar-refractivity contribution < 1.29 is 36.6 Å². The van der Waals surface area contributed by atoms with Crippen LogP contribution in [0.2, 0.25) is 0 Å². The molecule has 0 unspecified atom stereocenters. The van der Waals surface area contributed by atoms with Crippen LogP contribution in [-0.2, 0) is 30.5 Å². The van der Waals surface area contributed by atoms with E-state index in [-0.39, 0.29) is 27.8 Å². The number of aryl methyl sites for hydroxylation is 4. The molecule has 0 fully saturated rings. The van der Waals surface area contributed by atoms with E-state index in [2.05, 4.69) is 6.07 Å². The number of rotatable bonds is 9. The maximum Gasteiger partial charge on any atom is 0.343 e. The van der Waals surface area contributed by atoms with Crippen LogP contribution in [0.25, 0.3) is 55.6 Å². The van der Waals surface area contributed by atoms with Crippen LogP contribution >= 0.6 is 0 Å². The van der Waals surface area contributed by atoms with Crippen molar-refractivity contribution in [3.63, 3.8) is 0 Å². The molecule has 0 atom stereocenters. The third-order valence-corrected chi connectivity index (χ3v) is 13.2. The summed E-state index contributed by atoms with van der Waals surface area (Å²) < 4.78 is 75.2. The number of halogens is 4. The van der Waals surface area contributed by atoms with Crippen molar-refractivity contribution in [2.45, 2.75) is 65.2 Å². The molecule has 68 heavy (non-hydrogen) atoms. The first kappa shape index (κ1) is 45.6. The molecule has 0 heterocycles. The molecule has 0 spiro atoms. The molecule has 8 aromatic carbocycles. The number of fused-ring (bicyclic) bond motifs is 2. The first-order valence-corrected chi connectivity index (χ1v) is 22.9. The van der Waals surface area contributed by atoms with E-state index in [1.807, 2.05) is 63.1 Å². The largest absolute Gasteiger partial charge is 0.457 e. The molecule has 0 amide bonds. The molecule has 0 saturated carbocycles. The molecule has 0 radical (unpaired) electrons. The standard InChI is InChI=1S/C59H46F4O3.CH2O/c1-35-11-15-39(16-12-35)47-29-31-49(57(62)55(47)60)41-19-21-43(22-20-41)59(64)66-52-34-26-38-8-4-6-10-46(38)54(52)53-45-9-5-3-7-37(45)25-33-51(53)65-44-27-23-42(24-28-44)50-32-30-48(56(61)58(50)63)40-17-13-36(2)14-18-40;1-2/h11-34H,3-10H2,1-2H3;1H2. The van der Waals surface area contributed by atoms with E-state index < -0.39 is 29.2 Å². The molecule has 0 aliphatic heterocycles. The topological polar surface area (TPSA) is 52.6 Å². The smallest absolute Gasteiger partial charge is 0.343 e. The average molecular weight is 909 g/mol. The summed E-state index contributed by atoms with van der Waals surface area (Å²) in [4.78, 5) is 22.1. The highest BCUT2D eigenvalue weighted by Gasteiger charge is 2.28. The van der Waals surface area contributed by atoms with Crippen LogP contribution in [0.15, 0.2) is 146 Å². The number of esters is 1. The Morgan fingerprint density at radius 2 is 0.779 bits per heavy atom. The first-order chi connectivity index (χ1) is 33.1. The maximum atomic E-state index is 15.7. The molecular formula is C60H48F4O4. The molecule has 10 rings (SSSR count). The van der Waals surface area contributed by atoms with Crippen LogP contribution < -0.4 is 9.47 Å². The Balaban J connectivity index is 0.00000285. The lowest BCUT2D eigenvalue weighted by Crippen LogP contribution is -2.14. The Morgan fingerprint density at radius 3 is 1.21 bits per heavy atom. The van der Waals surface area contributed by atoms with Gasteiger partial charge in [0.25, 0.3) is 0 Å². The van der Waals surface area contributed by atoms with Crippen LogP contribution in [0.3, 0.4) is 0 Å². The lowest BCUT2D eigenvalue weighted by atomic mass is 9.80. The predicted octanol–water partition coefficient (Wildman–Crippen LogP) is 15.8. The monoisotopic (exact) mass is 908 g/mol. The fraction of sp³-hybridized carbons (Fsp3) is 0.167. The van der Waals surface area contributed by atoms with Crippen molar-refractivity contribution in [1.82, 2.24) is 0 Å². The quantitative estimate of drug-likeness (QED) is 0.0822. The fourth-order valence-electron chi connectivity index (χ4n) is 9.56. The Hall–Kier alpha value is -7.58. The summed E-state index contributed by atoms with van der Waals surface area (Å²) in [6.07, 6.45) is 7.55. The number of carbonyl (C=O) groups is 2. The predicted molar refractivity (Wildman–Crippen MR) is 261 cm³/mol. The average Bonchev–Trinajstić information content (AvgIpc) is 3.37. The van der Waals surface area contributed by atoms with Gasteiger partial charge < -0.3 is 14.3 Å². The van der Waals surface area contributed by atoms with E-state index in [0.717, 1.165) is 84.7 Å². The van der Waals surface area contributed by atoms with Gasteiger partial charge in [-0.15, -0.1) is 0 Å². The molecule has 0 aromatic heterocycles. The Bertz CT molecular complexity index is 3160. The minimum atomic E-state index is -0.963. The van der Waals surface area contributed by atoms with Gasteiger partial charge in [0.15, 0.2) is 23.3 Å². The molecule has 8 aromatic rings. The van der Waals surface area contributed by atoms with Gasteiger partial charge >= 0.3 is 5.97 Å². The molecule has 2 aliphatic carbocycles. The lowest BCUT2D eigenvalue weighted by molar-refractivity contribution is -0.0980. The Kier molecular flexibility index (Phi) is 13.2. The highest BCUT2D eigenvalue weighted by atomic mass is 19.2. The molecule has 0 bridgehead atoms. The summed E-state index contributed by atoms with van der Waals surface area (Å²) in [5.74, 6) is -2.77. The van der Waals surface area contributed by atoms with Crippen molar-refractivity contribution in [3.05, 3.63) is 208 Å². The molecule has 4 nitrogen and oxygen atoms in total. The fourth-order valence-corrected chi connectivity index (χ4v) is 9.56. The second-order valence-corrected chi connectivity index (χ2v) is 17.5. The minimum Gasteiger partial charge on any atom is -0.457 e. The molecule has 0 saturated heterocycles. The van der Waals surface area contributed by atoms with Gasteiger partial charge in [-0.05, 0) is 146 Å². The van der Waals surface area contributed by atoms with Gasteiger partial charge in [0.1, 0.15) is 24.0 Å². The zero-order chi connectivity index (χ0) is 47.5. The first-order valence-electron chi connectivity index (χ1n) is 22.9. The van der Waals surface area contributed by atoms with Crippen molar-refractivity contribution in [2.24, 2.45) is 0 Å². The van der Waals surface area contributed by atoms with Gasteiger partial charge in [0.05, 0.1) is 5.56 Å². The van der Waals surface area contributed by atoms with Crippen LogP contribution in [0.4, 0.5) is 17.6 Å². The van der Waals surface area contributed by atoms with Gasteiger partial charge in [0, 0.05) is 33.4 Å². The van der Waals surface area contributed by atoms with E-state index in [4.69, 9.17) is 14.3 Å². The van der Waals surface area contributed by atoms with E-state index in [1.54, 1.807) is 97.1 Å². The van der Waals surface area contributed by atoms with Gasteiger partial charge in [-0.25, -0.2) is 22.4 Å². The van der Waals surface area contributed by atoms with Crippen molar-refractivity contribution >= 4 is 12.8 Å². The second-order valence-electron chi connectivity index (χ2n) is 17.5. The number of carbonyl (C=O) groups excluding carboxylic acids is 2. The summed E-state index contributed by atoms with van der Waals surface area (Å²) >= 11 is 0. The van der Waals surface area contributed by atoms with E-state index >= 15 is 17.6 Å². The van der Waals surface area contributed by atoms with Gasteiger partial charge in [0.2, 0.25) is 0 Å². The molecule has 0 N–H and O–H groups in total. The normalized spacial score (nSPS) is 12.9. The highest BCUT2D eigenvalue weighted by Crippen LogP contribution is 2.48. The zero-order valence-electron chi connectivity index (χ0n) is 37.9. The Labute approximate surface area is 393 Å². The van der Waals surface area contributed by atoms with Crippen molar-refractivity contribution in [2.75, 3.05) is 0 Å². The SMILES string of the molecule is C=O.Cc1ccc(-c2ccc(-c3ccc(Oc4ccc5c(c4-c4c(OC(=O)c6ccc(-c7ccc(-c8ccc(C)cc8)c(F)c7F)cc6)ccc6c4CCCC6)CCCC5)cc3)c(F)c2F)cc1. The van der Waals surface area contributed by atoms with Crippen molar-refractivity contribution in [1.29, 1.82) is 0 Å². The van der Waals surface area contributed by atoms with Crippen LogP contribution in [0.1, 0.15) is 69.4 Å². The third kappa shape index (κ3) is 8.98. The molecular weight excluding hydrogens is 861 g/mol. The summed E-state index contributed by atoms with van der Waals surface area (Å²) in [6.45, 7) is 5.88. The van der Waals surface area contributed by atoms with Gasteiger partial charge in [-0.2, -0.15) is 0 Å². The second kappa shape index (κ2) is 19.7. The van der Waals surface area contributed by atoms with Crippen LogP contribution in [0.5, 0.6) is 17.2 Å². The summed E-state index contributed by atoms with van der Waals surface area (Å²) in [6, 6.07) is 42.2. The summed E-state index contributed by atoms with van der Waals surface area (Å²) in [5, 5.41) is 0. The maximum absolute atomic E-state index is 15.7. The Morgan fingerprint density at radius 1 is 0.426 bits per heavy atom.